The summed E-state index contributed by atoms with van der Waals surface area (Å²) in [5.74, 6) is 1.77. The molecule has 3 nitrogen and oxygen atoms in total. The first-order chi connectivity index (χ1) is 6.67. The van der Waals surface area contributed by atoms with Crippen molar-refractivity contribution in [3.8, 4) is 0 Å². The molecule has 1 aliphatic carbocycles. The van der Waals surface area contributed by atoms with E-state index < -0.39 is 0 Å². The van der Waals surface area contributed by atoms with Crippen LogP contribution in [0, 0.1) is 11.8 Å². The fourth-order valence-corrected chi connectivity index (χ4v) is 1.86. The zero-order valence-electron chi connectivity index (χ0n) is 9.68. The molecule has 1 saturated carbocycles. The second-order valence-corrected chi connectivity index (χ2v) is 4.62. The first-order valence-electron chi connectivity index (χ1n) is 5.61. The molecule has 3 unspecified atom stereocenters. The van der Waals surface area contributed by atoms with Crippen molar-refractivity contribution in [1.29, 1.82) is 0 Å². The van der Waals surface area contributed by atoms with Crippen LogP contribution in [0.2, 0.25) is 0 Å². The van der Waals surface area contributed by atoms with Gasteiger partial charge in [-0.2, -0.15) is 0 Å². The highest BCUT2D eigenvalue weighted by molar-refractivity contribution is 4.92. The van der Waals surface area contributed by atoms with Crippen molar-refractivity contribution in [2.45, 2.75) is 32.2 Å². The number of nitrogens with two attached hydrogens (primary N) is 1. The molecule has 0 aromatic rings. The van der Waals surface area contributed by atoms with Gasteiger partial charge in [0.15, 0.2) is 0 Å². The van der Waals surface area contributed by atoms with Gasteiger partial charge in [0.05, 0.1) is 12.1 Å². The minimum absolute atomic E-state index is 0.00292. The molecule has 3 heteroatoms. The number of hydrogen-bond acceptors (Lipinski definition) is 3. The van der Waals surface area contributed by atoms with Gasteiger partial charge < -0.3 is 15.8 Å². The predicted octanol–water partition coefficient (Wildman–Crippen LogP) is 0.986. The molecule has 3 atom stereocenters. The first kappa shape index (κ1) is 12.0. The third-order valence-electron chi connectivity index (χ3n) is 3.50. The lowest BCUT2D eigenvalue weighted by molar-refractivity contribution is 0.109. The van der Waals surface area contributed by atoms with Gasteiger partial charge in [-0.05, 0) is 31.2 Å². The van der Waals surface area contributed by atoms with Gasteiger partial charge in [0.25, 0.3) is 0 Å². The van der Waals surface area contributed by atoms with Gasteiger partial charge in [-0.1, -0.05) is 13.8 Å². The van der Waals surface area contributed by atoms with Crippen LogP contribution < -0.4 is 11.1 Å². The molecule has 3 N–H and O–H groups in total. The molecule has 0 aromatic heterocycles. The van der Waals surface area contributed by atoms with Crippen LogP contribution in [0.15, 0.2) is 0 Å². The zero-order valence-corrected chi connectivity index (χ0v) is 9.68. The molecule has 0 amide bonds. The fourth-order valence-electron chi connectivity index (χ4n) is 1.86. The molecule has 84 valence electrons. The van der Waals surface area contributed by atoms with Gasteiger partial charge in [0.1, 0.15) is 0 Å². The second kappa shape index (κ2) is 5.10. The van der Waals surface area contributed by atoms with Crippen molar-refractivity contribution in [2.75, 3.05) is 26.8 Å². The van der Waals surface area contributed by atoms with E-state index in [-0.39, 0.29) is 5.54 Å². The summed E-state index contributed by atoms with van der Waals surface area (Å²) in [6, 6.07) is 0. The average Bonchev–Trinajstić information content (AvgIpc) is 2.90. The van der Waals surface area contributed by atoms with Crippen LogP contribution in [0.5, 0.6) is 0 Å². The van der Waals surface area contributed by atoms with E-state index in [1.54, 1.807) is 7.11 Å². The number of hydrogen-bond donors (Lipinski definition) is 2. The minimum atomic E-state index is -0.00292. The smallest absolute Gasteiger partial charge is 0.0656 e. The SMILES string of the molecule is CCC(CN)(COC)NCC1CC1C. The van der Waals surface area contributed by atoms with Crippen LogP contribution in [0.25, 0.3) is 0 Å². The Morgan fingerprint density at radius 3 is 2.57 bits per heavy atom. The fraction of sp³-hybridized carbons (Fsp3) is 1.00. The van der Waals surface area contributed by atoms with E-state index in [0.29, 0.717) is 13.2 Å². The van der Waals surface area contributed by atoms with Gasteiger partial charge in [-0.3, -0.25) is 0 Å². The third-order valence-corrected chi connectivity index (χ3v) is 3.50. The Balaban J connectivity index is 2.33. The summed E-state index contributed by atoms with van der Waals surface area (Å²) in [4.78, 5) is 0. The van der Waals surface area contributed by atoms with Crippen LogP contribution in [0.3, 0.4) is 0 Å². The number of nitrogens with one attached hydrogen (secondary N) is 1. The maximum atomic E-state index is 5.80. The van der Waals surface area contributed by atoms with Crippen molar-refractivity contribution in [3.63, 3.8) is 0 Å². The highest BCUT2D eigenvalue weighted by Crippen LogP contribution is 2.37. The van der Waals surface area contributed by atoms with Crippen molar-refractivity contribution in [3.05, 3.63) is 0 Å². The Morgan fingerprint density at radius 2 is 2.21 bits per heavy atom. The van der Waals surface area contributed by atoms with E-state index in [1.165, 1.54) is 6.42 Å². The molecule has 0 aliphatic heterocycles. The summed E-state index contributed by atoms with van der Waals surface area (Å²) in [7, 11) is 1.74. The van der Waals surface area contributed by atoms with Crippen LogP contribution in [0.1, 0.15) is 26.7 Å². The molecular weight excluding hydrogens is 176 g/mol. The molecule has 0 saturated heterocycles. The van der Waals surface area contributed by atoms with Crippen molar-refractivity contribution in [1.82, 2.24) is 5.32 Å². The average molecular weight is 200 g/mol. The molecular formula is C11H24N2O. The molecule has 14 heavy (non-hydrogen) atoms. The van der Waals surface area contributed by atoms with E-state index in [2.05, 4.69) is 19.2 Å². The van der Waals surface area contributed by atoms with Crippen molar-refractivity contribution < 1.29 is 4.74 Å². The van der Waals surface area contributed by atoms with Crippen molar-refractivity contribution in [2.24, 2.45) is 17.6 Å². The van der Waals surface area contributed by atoms with E-state index in [9.17, 15) is 0 Å². The Labute approximate surface area is 87.4 Å². The van der Waals surface area contributed by atoms with E-state index >= 15 is 0 Å². The predicted molar refractivity (Wildman–Crippen MR) is 59.2 cm³/mol. The molecule has 0 heterocycles. The van der Waals surface area contributed by atoms with Gasteiger partial charge in [-0.25, -0.2) is 0 Å². The summed E-state index contributed by atoms with van der Waals surface area (Å²) in [6.07, 6.45) is 2.39. The zero-order chi connectivity index (χ0) is 10.6. The van der Waals surface area contributed by atoms with Crippen LogP contribution in [0.4, 0.5) is 0 Å². The van der Waals surface area contributed by atoms with E-state index in [1.807, 2.05) is 0 Å². The largest absolute Gasteiger partial charge is 0.383 e. The van der Waals surface area contributed by atoms with Gasteiger partial charge in [0, 0.05) is 13.7 Å². The molecule has 0 radical (unpaired) electrons. The lowest BCUT2D eigenvalue weighted by Gasteiger charge is -2.32. The standard InChI is InChI=1S/C11H24N2O/c1-4-11(7-12,8-14-3)13-6-10-5-9(10)2/h9-10,13H,4-8,12H2,1-3H3. The lowest BCUT2D eigenvalue weighted by atomic mass is 9.97. The third kappa shape index (κ3) is 2.94. The Kier molecular flexibility index (Phi) is 4.35. The second-order valence-electron chi connectivity index (χ2n) is 4.62. The first-order valence-corrected chi connectivity index (χ1v) is 5.61. The molecule has 1 fully saturated rings. The van der Waals surface area contributed by atoms with Gasteiger partial charge in [0.2, 0.25) is 0 Å². The van der Waals surface area contributed by atoms with Crippen molar-refractivity contribution >= 4 is 0 Å². The molecule has 0 aromatic carbocycles. The summed E-state index contributed by atoms with van der Waals surface area (Å²) >= 11 is 0. The number of methoxy groups -OCH3 is 1. The van der Waals surface area contributed by atoms with Crippen LogP contribution in [-0.4, -0.2) is 32.3 Å². The summed E-state index contributed by atoms with van der Waals surface area (Å²) in [5, 5.41) is 3.58. The lowest BCUT2D eigenvalue weighted by Crippen LogP contribution is -2.54. The monoisotopic (exact) mass is 200 g/mol. The topological polar surface area (TPSA) is 47.3 Å². The number of rotatable bonds is 7. The van der Waals surface area contributed by atoms with Crippen LogP contribution in [-0.2, 0) is 4.74 Å². The summed E-state index contributed by atoms with van der Waals surface area (Å²) in [6.45, 7) is 6.92. The normalized spacial score (nSPS) is 30.0. The van der Waals surface area contributed by atoms with Gasteiger partial charge >= 0.3 is 0 Å². The Hall–Kier alpha value is -0.120. The quantitative estimate of drug-likeness (QED) is 0.644. The van der Waals surface area contributed by atoms with E-state index in [4.69, 9.17) is 10.5 Å². The Morgan fingerprint density at radius 1 is 1.57 bits per heavy atom. The summed E-state index contributed by atoms with van der Waals surface area (Å²) < 4.78 is 5.23. The Bertz CT molecular complexity index is 169. The maximum absolute atomic E-state index is 5.80. The molecule has 1 aliphatic rings. The number of ether oxygens (including phenoxy) is 1. The summed E-state index contributed by atoms with van der Waals surface area (Å²) in [5.41, 5.74) is 5.80. The highest BCUT2D eigenvalue weighted by Gasteiger charge is 2.35. The molecule has 0 bridgehead atoms. The molecule has 0 spiro atoms. The van der Waals surface area contributed by atoms with Crippen LogP contribution >= 0.6 is 0 Å². The minimum Gasteiger partial charge on any atom is -0.383 e. The highest BCUT2D eigenvalue weighted by atomic mass is 16.5. The van der Waals surface area contributed by atoms with E-state index in [0.717, 1.165) is 24.8 Å². The molecule has 1 rings (SSSR count). The van der Waals surface area contributed by atoms with Gasteiger partial charge in [-0.15, -0.1) is 0 Å². The maximum Gasteiger partial charge on any atom is 0.0656 e.